The molecule has 0 aliphatic carbocycles. The molecule has 0 fully saturated rings. The molecule has 0 aliphatic heterocycles. The first-order valence-electron chi connectivity index (χ1n) is 9.98. The summed E-state index contributed by atoms with van der Waals surface area (Å²) in [6, 6.07) is 31.5. The van der Waals surface area contributed by atoms with Crippen LogP contribution in [0, 0.1) is 0 Å². The number of nitrogens with two attached hydrogens (primary N) is 1. The van der Waals surface area contributed by atoms with E-state index >= 15 is 0 Å². The van der Waals surface area contributed by atoms with Crippen molar-refractivity contribution in [1.29, 1.82) is 0 Å². The van der Waals surface area contributed by atoms with Crippen molar-refractivity contribution in [3.8, 4) is 0 Å². The van der Waals surface area contributed by atoms with Gasteiger partial charge in [0.2, 0.25) is 0 Å². The number of hydrogen-bond acceptors (Lipinski definition) is 3. The van der Waals surface area contributed by atoms with Gasteiger partial charge in [-0.25, -0.2) is 4.98 Å². The van der Waals surface area contributed by atoms with E-state index < -0.39 is 5.54 Å². The van der Waals surface area contributed by atoms with E-state index in [-0.39, 0.29) is 0 Å². The van der Waals surface area contributed by atoms with Crippen LogP contribution in [0.3, 0.4) is 0 Å². The minimum atomic E-state index is -0.649. The Morgan fingerprint density at radius 1 is 0.733 bits per heavy atom. The molecular formula is C25H21BN4. The molecule has 144 valence electrons. The Morgan fingerprint density at radius 2 is 1.20 bits per heavy atom. The summed E-state index contributed by atoms with van der Waals surface area (Å²) in [6.45, 7) is 0. The molecule has 0 unspecified atom stereocenters. The first kappa shape index (κ1) is 18.2. The Bertz CT molecular complexity index is 1200. The standard InChI is InChI=1S/C25H21BN4/c26-22-16-28-24-23(29-22)21(27)17-30(24)25(18-10-4-1-5-11-18,19-12-6-2-7-13-19)20-14-8-3-9-15-20/h1-17H,26-27H2. The van der Waals surface area contributed by atoms with Gasteiger partial charge in [-0.3, -0.25) is 4.98 Å². The summed E-state index contributed by atoms with van der Waals surface area (Å²) in [5.74, 6) is 0. The molecular weight excluding hydrogens is 367 g/mol. The van der Waals surface area contributed by atoms with E-state index in [1.54, 1.807) is 6.20 Å². The molecule has 0 atom stereocenters. The molecule has 2 aromatic heterocycles. The number of aromatic nitrogens is 3. The largest absolute Gasteiger partial charge is 0.396 e. The van der Waals surface area contributed by atoms with Gasteiger partial charge >= 0.3 is 0 Å². The summed E-state index contributed by atoms with van der Waals surface area (Å²) >= 11 is 0. The number of nitrogen functional groups attached to an aromatic ring is 1. The highest BCUT2D eigenvalue weighted by Gasteiger charge is 2.39. The molecule has 30 heavy (non-hydrogen) atoms. The Hall–Kier alpha value is -3.86. The second-order valence-electron chi connectivity index (χ2n) is 7.45. The first-order chi connectivity index (χ1) is 14.7. The molecule has 0 spiro atoms. The minimum Gasteiger partial charge on any atom is -0.396 e. The quantitative estimate of drug-likeness (QED) is 0.380. The van der Waals surface area contributed by atoms with Gasteiger partial charge in [-0.15, -0.1) is 0 Å². The lowest BCUT2D eigenvalue weighted by Gasteiger charge is -2.38. The van der Waals surface area contributed by atoms with Crippen LogP contribution >= 0.6 is 0 Å². The molecule has 2 heterocycles. The maximum atomic E-state index is 6.45. The van der Waals surface area contributed by atoms with Crippen molar-refractivity contribution in [3.05, 3.63) is 120 Å². The molecule has 2 N–H and O–H groups in total. The lowest BCUT2D eigenvalue weighted by atomic mass is 9.76. The average molecular weight is 388 g/mol. The van der Waals surface area contributed by atoms with Gasteiger partial charge in [-0.05, 0) is 16.7 Å². The molecule has 5 heteroatoms. The zero-order chi connectivity index (χ0) is 20.6. The summed E-state index contributed by atoms with van der Waals surface area (Å²) in [4.78, 5) is 9.45. The smallest absolute Gasteiger partial charge is 0.166 e. The zero-order valence-corrected chi connectivity index (χ0v) is 16.7. The normalized spacial score (nSPS) is 11.6. The number of nitrogens with zero attached hydrogens (tertiary/aromatic N) is 3. The fraction of sp³-hybridized carbons (Fsp3) is 0.0400. The SMILES string of the molecule is Bc1cnc2c(n1)c(N)cn2C(c1ccccc1)(c1ccccc1)c1ccccc1. The summed E-state index contributed by atoms with van der Waals surface area (Å²) in [7, 11) is 1.93. The van der Waals surface area contributed by atoms with Crippen LogP contribution in [0.4, 0.5) is 5.69 Å². The summed E-state index contributed by atoms with van der Waals surface area (Å²) in [5, 5.41) is 0. The van der Waals surface area contributed by atoms with Gasteiger partial charge in [0, 0.05) is 18.0 Å². The summed E-state index contributed by atoms with van der Waals surface area (Å²) in [5.41, 5.74) is 12.1. The number of rotatable bonds is 4. The van der Waals surface area contributed by atoms with E-state index in [2.05, 4.69) is 82.3 Å². The Labute approximate surface area is 176 Å². The summed E-state index contributed by atoms with van der Waals surface area (Å²) < 4.78 is 2.17. The zero-order valence-electron chi connectivity index (χ0n) is 16.7. The van der Waals surface area contributed by atoms with Crippen molar-refractivity contribution < 1.29 is 0 Å². The molecule has 0 saturated heterocycles. The molecule has 0 aliphatic rings. The number of hydrogen-bond donors (Lipinski definition) is 1. The average Bonchev–Trinajstić information content (AvgIpc) is 3.12. The van der Waals surface area contributed by atoms with Gasteiger partial charge in [0.05, 0.1) is 5.69 Å². The van der Waals surface area contributed by atoms with Gasteiger partial charge in [-0.1, -0.05) is 91.0 Å². The third kappa shape index (κ3) is 2.71. The number of anilines is 1. The van der Waals surface area contributed by atoms with Crippen molar-refractivity contribution in [3.63, 3.8) is 0 Å². The van der Waals surface area contributed by atoms with Crippen LogP contribution in [0.1, 0.15) is 16.7 Å². The molecule has 0 radical (unpaired) electrons. The van der Waals surface area contributed by atoms with E-state index in [4.69, 9.17) is 10.7 Å². The molecule has 5 rings (SSSR count). The van der Waals surface area contributed by atoms with Gasteiger partial charge in [0.15, 0.2) is 13.5 Å². The van der Waals surface area contributed by atoms with Gasteiger partial charge in [0.1, 0.15) is 11.1 Å². The Balaban J connectivity index is 1.98. The molecule has 0 amide bonds. The lowest BCUT2D eigenvalue weighted by molar-refractivity contribution is 0.530. The molecule has 4 nitrogen and oxygen atoms in total. The molecule has 3 aromatic carbocycles. The van der Waals surface area contributed by atoms with Gasteiger partial charge in [-0.2, -0.15) is 0 Å². The fourth-order valence-corrected chi connectivity index (χ4v) is 4.31. The Morgan fingerprint density at radius 3 is 1.67 bits per heavy atom. The second-order valence-corrected chi connectivity index (χ2v) is 7.45. The van der Waals surface area contributed by atoms with Crippen LogP contribution in [0.2, 0.25) is 0 Å². The third-order valence-electron chi connectivity index (χ3n) is 5.58. The fourth-order valence-electron chi connectivity index (χ4n) is 4.31. The van der Waals surface area contributed by atoms with Crippen molar-refractivity contribution in [2.24, 2.45) is 0 Å². The van der Waals surface area contributed by atoms with Gasteiger partial charge < -0.3 is 10.3 Å². The van der Waals surface area contributed by atoms with E-state index in [1.807, 2.05) is 32.2 Å². The highest BCUT2D eigenvalue weighted by atomic mass is 15.1. The Kier molecular flexibility index (Phi) is 4.36. The molecule has 5 aromatic rings. The molecule has 0 bridgehead atoms. The third-order valence-corrected chi connectivity index (χ3v) is 5.58. The lowest BCUT2D eigenvalue weighted by Crippen LogP contribution is -2.37. The monoisotopic (exact) mass is 388 g/mol. The van der Waals surface area contributed by atoms with Crippen molar-refractivity contribution >= 4 is 30.3 Å². The number of benzene rings is 3. The highest BCUT2D eigenvalue weighted by molar-refractivity contribution is 6.30. The topological polar surface area (TPSA) is 56.7 Å². The van der Waals surface area contributed by atoms with Crippen molar-refractivity contribution in [2.45, 2.75) is 5.54 Å². The highest BCUT2D eigenvalue weighted by Crippen LogP contribution is 2.43. The maximum absolute atomic E-state index is 6.45. The van der Waals surface area contributed by atoms with Crippen LogP contribution < -0.4 is 11.3 Å². The predicted octanol–water partition coefficient (Wildman–Crippen LogP) is 3.11. The van der Waals surface area contributed by atoms with E-state index in [1.165, 1.54) is 0 Å². The van der Waals surface area contributed by atoms with Crippen molar-refractivity contribution in [2.75, 3.05) is 5.73 Å². The van der Waals surface area contributed by atoms with Crippen LogP contribution in [0.15, 0.2) is 103 Å². The molecule has 0 saturated carbocycles. The van der Waals surface area contributed by atoms with E-state index in [0.29, 0.717) is 5.69 Å². The van der Waals surface area contributed by atoms with Crippen molar-refractivity contribution in [1.82, 2.24) is 14.5 Å². The van der Waals surface area contributed by atoms with E-state index in [0.717, 1.165) is 33.4 Å². The van der Waals surface area contributed by atoms with Crippen LogP contribution in [-0.4, -0.2) is 22.4 Å². The van der Waals surface area contributed by atoms with Crippen LogP contribution in [0.25, 0.3) is 11.2 Å². The van der Waals surface area contributed by atoms with Gasteiger partial charge in [0.25, 0.3) is 0 Å². The van der Waals surface area contributed by atoms with Crippen LogP contribution in [-0.2, 0) is 5.54 Å². The van der Waals surface area contributed by atoms with Crippen LogP contribution in [0.5, 0.6) is 0 Å². The predicted molar refractivity (Wildman–Crippen MR) is 125 cm³/mol. The first-order valence-corrected chi connectivity index (χ1v) is 9.98. The summed E-state index contributed by atoms with van der Waals surface area (Å²) in [6.07, 6.45) is 3.76. The van der Waals surface area contributed by atoms with E-state index in [9.17, 15) is 0 Å². The minimum absolute atomic E-state index is 0.619. The maximum Gasteiger partial charge on any atom is 0.166 e. The second kappa shape index (κ2) is 7.19. The number of fused-ring (bicyclic) bond motifs is 1.